The van der Waals surface area contributed by atoms with Crippen LogP contribution in [0.25, 0.3) is 0 Å². The number of carbonyl (C=O) groups is 1. The fourth-order valence-electron chi connectivity index (χ4n) is 2.63. The molecule has 26 heavy (non-hydrogen) atoms. The van der Waals surface area contributed by atoms with Crippen molar-refractivity contribution in [3.63, 3.8) is 0 Å². The topological polar surface area (TPSA) is 76.6 Å². The molecular formula is C19H33N4O3+. The smallest absolute Gasteiger partial charge is 0.407 e. The molecule has 0 unspecified atom stereocenters. The summed E-state index contributed by atoms with van der Waals surface area (Å²) in [5, 5.41) is 2.76. The number of ether oxygens (including phenoxy) is 1. The number of nitrogens with zero attached hydrogens (tertiary/aromatic N) is 3. The number of amides is 1. The normalized spacial score (nSPS) is 10.3. The molecule has 0 aromatic carbocycles. The molecule has 0 atom stereocenters. The van der Waals surface area contributed by atoms with Crippen molar-refractivity contribution in [3.8, 4) is 0 Å². The number of hydrogen-bond acceptors (Lipinski definition) is 4. The molecule has 7 heteroatoms. The van der Waals surface area contributed by atoms with E-state index in [1.807, 2.05) is 0 Å². The number of unbranched alkanes of at least 4 members (excludes halogenated alkanes) is 6. The van der Waals surface area contributed by atoms with Crippen molar-refractivity contribution < 1.29 is 18.9 Å². The van der Waals surface area contributed by atoms with E-state index in [0.29, 0.717) is 19.7 Å². The first-order valence-electron chi connectivity index (χ1n) is 9.75. The summed E-state index contributed by atoms with van der Waals surface area (Å²) in [5.74, 6) is 0. The fraction of sp³-hybridized carbons (Fsp3) is 0.737. The minimum Gasteiger partial charge on any atom is -0.450 e. The quantitative estimate of drug-likeness (QED) is 0.225. The summed E-state index contributed by atoms with van der Waals surface area (Å²) in [6.07, 6.45) is 15.6. The molecule has 1 heterocycles. The van der Waals surface area contributed by atoms with E-state index in [9.17, 15) is 9.59 Å². The minimum absolute atomic E-state index is 0.327. The molecule has 7 nitrogen and oxygen atoms in total. The van der Waals surface area contributed by atoms with E-state index < -0.39 is 0 Å². The lowest BCUT2D eigenvalue weighted by atomic mass is 10.2. The maximum atomic E-state index is 11.5. The highest BCUT2D eigenvalue weighted by Crippen LogP contribution is 2.01. The average Bonchev–Trinajstić information content (AvgIpc) is 3.11. The number of imidazole rings is 1. The number of nitrogens with one attached hydrogen (secondary N) is 1. The van der Waals surface area contributed by atoms with Crippen LogP contribution >= 0.6 is 0 Å². The maximum Gasteiger partial charge on any atom is 0.407 e. The molecule has 1 rings (SSSR count). The number of alkyl carbamates (subject to hydrolysis) is 1. The summed E-state index contributed by atoms with van der Waals surface area (Å²) in [4.78, 5) is 24.9. The Kier molecular flexibility index (Phi) is 12.8. The van der Waals surface area contributed by atoms with E-state index in [-0.39, 0.29) is 6.09 Å². The fourth-order valence-corrected chi connectivity index (χ4v) is 2.63. The van der Waals surface area contributed by atoms with Crippen LogP contribution in [0, 0.1) is 0 Å². The highest BCUT2D eigenvalue weighted by atomic mass is 16.5. The van der Waals surface area contributed by atoms with Gasteiger partial charge in [0, 0.05) is 6.54 Å². The number of rotatable bonds is 15. The van der Waals surface area contributed by atoms with E-state index in [2.05, 4.69) is 45.1 Å². The van der Waals surface area contributed by atoms with Gasteiger partial charge in [-0.2, -0.15) is 0 Å². The van der Waals surface area contributed by atoms with Crippen LogP contribution in [-0.4, -0.2) is 36.4 Å². The van der Waals surface area contributed by atoms with Crippen molar-refractivity contribution in [1.82, 2.24) is 9.88 Å². The Morgan fingerprint density at radius 1 is 1.15 bits per heavy atom. The Hall–Kier alpha value is -2.14. The first-order chi connectivity index (χ1) is 12.8. The van der Waals surface area contributed by atoms with Gasteiger partial charge < -0.3 is 10.1 Å². The summed E-state index contributed by atoms with van der Waals surface area (Å²) in [7, 11) is 0. The van der Waals surface area contributed by atoms with Crippen LogP contribution in [0.2, 0.25) is 0 Å². The third-order valence-electron chi connectivity index (χ3n) is 4.19. The molecule has 1 amide bonds. The number of isocyanates is 1. The van der Waals surface area contributed by atoms with E-state index >= 15 is 0 Å². The van der Waals surface area contributed by atoms with Crippen LogP contribution in [0.3, 0.4) is 0 Å². The Labute approximate surface area is 156 Å². The van der Waals surface area contributed by atoms with Gasteiger partial charge in [0.15, 0.2) is 0 Å². The second-order valence-corrected chi connectivity index (χ2v) is 6.35. The largest absolute Gasteiger partial charge is 0.450 e. The highest BCUT2D eigenvalue weighted by Gasteiger charge is 2.02. The molecule has 1 N–H and O–H groups in total. The van der Waals surface area contributed by atoms with Crippen molar-refractivity contribution in [1.29, 1.82) is 0 Å². The third-order valence-corrected chi connectivity index (χ3v) is 4.19. The Bertz CT molecular complexity index is 539. The summed E-state index contributed by atoms with van der Waals surface area (Å²) < 4.78 is 9.54. The second kappa shape index (κ2) is 15.1. The van der Waals surface area contributed by atoms with Gasteiger partial charge in [-0.25, -0.2) is 23.7 Å². The monoisotopic (exact) mass is 365 g/mol. The number of aliphatic imine (C=N–C) groups is 1. The predicted octanol–water partition coefficient (Wildman–Crippen LogP) is 2.98. The summed E-state index contributed by atoms with van der Waals surface area (Å²) >= 11 is 0. The van der Waals surface area contributed by atoms with Crippen LogP contribution in [0.15, 0.2) is 23.7 Å². The first-order valence-corrected chi connectivity index (χ1v) is 9.75. The van der Waals surface area contributed by atoms with Gasteiger partial charge in [0.25, 0.3) is 0 Å². The summed E-state index contributed by atoms with van der Waals surface area (Å²) in [6.45, 7) is 5.83. The molecule has 0 saturated heterocycles. The lowest BCUT2D eigenvalue weighted by Crippen LogP contribution is -2.30. The van der Waals surface area contributed by atoms with Gasteiger partial charge in [-0.15, -0.1) is 0 Å². The number of carbonyl (C=O) groups excluding carboxylic acids is 2. The third kappa shape index (κ3) is 11.4. The lowest BCUT2D eigenvalue weighted by Gasteiger charge is -2.06. The molecule has 0 aliphatic heterocycles. The number of aryl methyl sites for hydroxylation is 2. The minimum atomic E-state index is -0.327. The highest BCUT2D eigenvalue weighted by molar-refractivity contribution is 5.66. The molecular weight excluding hydrogens is 332 g/mol. The van der Waals surface area contributed by atoms with Crippen molar-refractivity contribution in [2.24, 2.45) is 4.99 Å². The summed E-state index contributed by atoms with van der Waals surface area (Å²) in [6, 6.07) is 0. The Morgan fingerprint density at radius 3 is 2.69 bits per heavy atom. The van der Waals surface area contributed by atoms with Crippen molar-refractivity contribution in [2.45, 2.75) is 71.4 Å². The molecule has 1 aromatic rings. The van der Waals surface area contributed by atoms with Crippen molar-refractivity contribution >= 4 is 12.2 Å². The van der Waals surface area contributed by atoms with E-state index in [1.165, 1.54) is 6.08 Å². The molecule has 0 fully saturated rings. The number of hydrogen-bond donors (Lipinski definition) is 1. The predicted molar refractivity (Wildman–Crippen MR) is 99.6 cm³/mol. The maximum absolute atomic E-state index is 11.5. The van der Waals surface area contributed by atoms with Crippen LogP contribution in [0.1, 0.15) is 58.3 Å². The van der Waals surface area contributed by atoms with Gasteiger partial charge in [-0.3, -0.25) is 0 Å². The zero-order valence-electron chi connectivity index (χ0n) is 16.0. The van der Waals surface area contributed by atoms with E-state index in [4.69, 9.17) is 4.74 Å². The SMILES string of the molecule is CCn1cc[n+](CCCCCCOC(=O)NCCCCCCN=C=O)c1. The van der Waals surface area contributed by atoms with E-state index in [1.54, 1.807) is 0 Å². The number of aromatic nitrogens is 2. The van der Waals surface area contributed by atoms with Gasteiger partial charge in [0.1, 0.15) is 12.4 Å². The zero-order chi connectivity index (χ0) is 18.9. The first kappa shape index (κ1) is 21.9. The Balaban J connectivity index is 1.85. The molecule has 0 radical (unpaired) electrons. The van der Waals surface area contributed by atoms with Crippen molar-refractivity contribution in [2.75, 3.05) is 19.7 Å². The van der Waals surface area contributed by atoms with Gasteiger partial charge in [0.05, 0.1) is 26.2 Å². The molecule has 1 aromatic heterocycles. The van der Waals surface area contributed by atoms with Crippen LogP contribution in [-0.2, 0) is 22.6 Å². The second-order valence-electron chi connectivity index (χ2n) is 6.35. The van der Waals surface area contributed by atoms with Crippen LogP contribution in [0.4, 0.5) is 4.79 Å². The van der Waals surface area contributed by atoms with Gasteiger partial charge in [-0.1, -0.05) is 12.8 Å². The standard InChI is InChI=1S/C19H32N4O3/c1-2-22-14-15-23(18-22)13-9-5-6-10-16-26-19(25)21-12-8-4-3-7-11-20-17-24/h14-15,18H,2-13,16H2,1H3/p+1. The van der Waals surface area contributed by atoms with Crippen LogP contribution < -0.4 is 9.88 Å². The average molecular weight is 365 g/mol. The molecule has 0 aliphatic carbocycles. The molecule has 0 saturated carbocycles. The van der Waals surface area contributed by atoms with Crippen molar-refractivity contribution in [3.05, 3.63) is 18.7 Å². The summed E-state index contributed by atoms with van der Waals surface area (Å²) in [5.41, 5.74) is 0. The van der Waals surface area contributed by atoms with E-state index in [0.717, 1.165) is 64.5 Å². The van der Waals surface area contributed by atoms with Gasteiger partial charge in [0.2, 0.25) is 12.4 Å². The molecule has 146 valence electrons. The Morgan fingerprint density at radius 2 is 1.92 bits per heavy atom. The molecule has 0 bridgehead atoms. The van der Waals surface area contributed by atoms with Gasteiger partial charge in [-0.05, 0) is 45.4 Å². The lowest BCUT2D eigenvalue weighted by molar-refractivity contribution is -0.696. The zero-order valence-corrected chi connectivity index (χ0v) is 16.0. The molecule has 0 spiro atoms. The molecule has 0 aliphatic rings. The van der Waals surface area contributed by atoms with Gasteiger partial charge >= 0.3 is 6.09 Å². The van der Waals surface area contributed by atoms with Crippen LogP contribution in [0.5, 0.6) is 0 Å².